The number of thiocarbonyl (C=S) groups is 1. The van der Waals surface area contributed by atoms with Crippen LogP contribution >= 0.6 is 35.6 Å². The van der Waals surface area contributed by atoms with Crippen LogP contribution in [0.15, 0.2) is 80.6 Å². The molecule has 0 aliphatic carbocycles. The standard InChI is InChI=1S/C22H12ClF3N2O3S2/c23-13-4-7-16(8-5-13)33-18-9-6-15(31-18)11-17-19(29)27-21(32)28(20(17)30)14-3-1-2-12(10-14)22(24,25)26/h1-11H,(H,27,29,32)/b17-11+. The third-order valence-electron chi connectivity index (χ3n) is 4.45. The molecule has 1 aromatic heterocycles. The van der Waals surface area contributed by atoms with Gasteiger partial charge >= 0.3 is 6.18 Å². The molecule has 33 heavy (non-hydrogen) atoms. The Bertz CT molecular complexity index is 1290. The number of benzene rings is 2. The summed E-state index contributed by atoms with van der Waals surface area (Å²) in [5.74, 6) is -1.44. The van der Waals surface area contributed by atoms with E-state index in [4.69, 9.17) is 28.2 Å². The van der Waals surface area contributed by atoms with Crippen LogP contribution in [-0.2, 0) is 15.8 Å². The van der Waals surface area contributed by atoms with Crippen molar-refractivity contribution in [3.63, 3.8) is 0 Å². The summed E-state index contributed by atoms with van der Waals surface area (Å²) in [5, 5.41) is 3.10. The fourth-order valence-corrected chi connectivity index (χ4v) is 4.13. The molecule has 5 nitrogen and oxygen atoms in total. The van der Waals surface area contributed by atoms with Crippen LogP contribution in [0, 0.1) is 0 Å². The summed E-state index contributed by atoms with van der Waals surface area (Å²) in [6.07, 6.45) is -3.39. The fourth-order valence-electron chi connectivity index (χ4n) is 2.94. The predicted molar refractivity (Wildman–Crippen MR) is 122 cm³/mol. The van der Waals surface area contributed by atoms with Crippen molar-refractivity contribution in [1.82, 2.24) is 5.32 Å². The van der Waals surface area contributed by atoms with Crippen molar-refractivity contribution >= 4 is 64.3 Å². The Morgan fingerprint density at radius 3 is 2.48 bits per heavy atom. The molecule has 0 atom stereocenters. The lowest BCUT2D eigenvalue weighted by molar-refractivity contribution is -0.137. The second kappa shape index (κ2) is 9.05. The molecule has 3 aromatic rings. The van der Waals surface area contributed by atoms with Crippen LogP contribution in [0.5, 0.6) is 0 Å². The van der Waals surface area contributed by atoms with Crippen LogP contribution < -0.4 is 10.2 Å². The molecule has 2 heterocycles. The number of hydrogen-bond donors (Lipinski definition) is 1. The maximum atomic E-state index is 13.1. The molecule has 0 unspecified atom stereocenters. The first-order valence-corrected chi connectivity index (χ1v) is 10.8. The number of hydrogen-bond acceptors (Lipinski definition) is 5. The molecule has 1 fully saturated rings. The second-order valence-electron chi connectivity index (χ2n) is 6.72. The number of nitrogens with one attached hydrogen (secondary N) is 1. The smallest absolute Gasteiger partial charge is 0.416 e. The Balaban J connectivity index is 1.61. The van der Waals surface area contributed by atoms with E-state index in [2.05, 4.69) is 5.32 Å². The number of carbonyl (C=O) groups excluding carboxylic acids is 2. The van der Waals surface area contributed by atoms with Gasteiger partial charge in [-0.3, -0.25) is 19.8 Å². The zero-order chi connectivity index (χ0) is 23.8. The van der Waals surface area contributed by atoms with Gasteiger partial charge in [0.15, 0.2) is 10.2 Å². The number of alkyl halides is 3. The van der Waals surface area contributed by atoms with Crippen molar-refractivity contribution in [2.45, 2.75) is 16.2 Å². The number of amides is 2. The van der Waals surface area contributed by atoms with Crippen LogP contribution in [0.2, 0.25) is 5.02 Å². The molecular formula is C22H12ClF3N2O3S2. The highest BCUT2D eigenvalue weighted by Crippen LogP contribution is 2.33. The molecule has 1 N–H and O–H groups in total. The molecule has 0 bridgehead atoms. The molecule has 0 spiro atoms. The van der Waals surface area contributed by atoms with Crippen molar-refractivity contribution in [2.75, 3.05) is 4.90 Å². The van der Waals surface area contributed by atoms with Gasteiger partial charge < -0.3 is 4.42 Å². The van der Waals surface area contributed by atoms with Gasteiger partial charge in [-0.25, -0.2) is 0 Å². The first kappa shape index (κ1) is 23.1. The first-order chi connectivity index (χ1) is 15.6. The highest BCUT2D eigenvalue weighted by molar-refractivity contribution is 7.99. The highest BCUT2D eigenvalue weighted by Gasteiger charge is 2.36. The Hall–Kier alpha value is -3.08. The number of furan rings is 1. The molecule has 11 heteroatoms. The normalized spacial score (nSPS) is 15.8. The molecule has 1 saturated heterocycles. The van der Waals surface area contributed by atoms with E-state index >= 15 is 0 Å². The first-order valence-electron chi connectivity index (χ1n) is 9.24. The lowest BCUT2D eigenvalue weighted by Crippen LogP contribution is -2.54. The van der Waals surface area contributed by atoms with Gasteiger partial charge in [0.1, 0.15) is 11.3 Å². The summed E-state index contributed by atoms with van der Waals surface area (Å²) in [7, 11) is 0. The summed E-state index contributed by atoms with van der Waals surface area (Å²) in [6.45, 7) is 0. The predicted octanol–water partition coefficient (Wildman–Crippen LogP) is 5.93. The van der Waals surface area contributed by atoms with Crippen molar-refractivity contribution in [2.24, 2.45) is 0 Å². The Kier molecular flexibility index (Phi) is 6.33. The minimum Gasteiger partial charge on any atom is -0.450 e. The monoisotopic (exact) mass is 508 g/mol. The van der Waals surface area contributed by atoms with Gasteiger partial charge in [-0.15, -0.1) is 0 Å². The molecular weight excluding hydrogens is 497 g/mol. The van der Waals surface area contributed by atoms with Crippen LogP contribution in [-0.4, -0.2) is 16.9 Å². The van der Waals surface area contributed by atoms with E-state index in [1.54, 1.807) is 36.4 Å². The molecule has 2 amide bonds. The average Bonchev–Trinajstić information content (AvgIpc) is 3.19. The zero-order valence-electron chi connectivity index (χ0n) is 16.4. The molecule has 1 aliphatic heterocycles. The zero-order valence-corrected chi connectivity index (χ0v) is 18.7. The summed E-state index contributed by atoms with van der Waals surface area (Å²) in [4.78, 5) is 27.1. The maximum Gasteiger partial charge on any atom is 0.416 e. The number of anilines is 1. The third kappa shape index (κ3) is 5.13. The second-order valence-corrected chi connectivity index (χ2v) is 8.62. The lowest BCUT2D eigenvalue weighted by atomic mass is 10.1. The van der Waals surface area contributed by atoms with Crippen LogP contribution in [0.3, 0.4) is 0 Å². The van der Waals surface area contributed by atoms with Gasteiger partial charge in [0.05, 0.1) is 11.3 Å². The van der Waals surface area contributed by atoms with E-state index in [0.717, 1.165) is 28.0 Å². The minimum atomic E-state index is -4.61. The van der Waals surface area contributed by atoms with Crippen molar-refractivity contribution in [1.29, 1.82) is 0 Å². The molecule has 4 rings (SSSR count). The van der Waals surface area contributed by atoms with E-state index in [-0.39, 0.29) is 22.1 Å². The number of rotatable bonds is 4. The van der Waals surface area contributed by atoms with Crippen molar-refractivity contribution < 1.29 is 27.2 Å². The van der Waals surface area contributed by atoms with E-state index in [1.807, 2.05) is 0 Å². The Labute approximate surface area is 200 Å². The van der Waals surface area contributed by atoms with Crippen molar-refractivity contribution in [3.8, 4) is 0 Å². The van der Waals surface area contributed by atoms with Crippen LogP contribution in [0.4, 0.5) is 18.9 Å². The third-order valence-corrected chi connectivity index (χ3v) is 5.92. The Morgan fingerprint density at radius 1 is 1.06 bits per heavy atom. The minimum absolute atomic E-state index is 0.121. The van der Waals surface area contributed by atoms with E-state index in [1.165, 1.54) is 23.9 Å². The average molecular weight is 509 g/mol. The highest BCUT2D eigenvalue weighted by atomic mass is 35.5. The SMILES string of the molecule is O=C1NC(=S)N(c2cccc(C(F)(F)F)c2)C(=O)/C1=C/c1ccc(Sc2ccc(Cl)cc2)o1. The van der Waals surface area contributed by atoms with Gasteiger partial charge in [-0.2, -0.15) is 13.2 Å². The van der Waals surface area contributed by atoms with Crippen LogP contribution in [0.25, 0.3) is 6.08 Å². The van der Waals surface area contributed by atoms with Crippen LogP contribution in [0.1, 0.15) is 11.3 Å². The molecule has 0 radical (unpaired) electrons. The fraction of sp³-hybridized carbons (Fsp3) is 0.0455. The number of nitrogens with zero attached hydrogens (tertiary/aromatic N) is 1. The number of halogens is 4. The van der Waals surface area contributed by atoms with E-state index in [9.17, 15) is 22.8 Å². The van der Waals surface area contributed by atoms with E-state index in [0.29, 0.717) is 10.1 Å². The summed E-state index contributed by atoms with van der Waals surface area (Å²) < 4.78 is 45.0. The van der Waals surface area contributed by atoms with Gasteiger partial charge in [-0.1, -0.05) is 29.4 Å². The van der Waals surface area contributed by atoms with Gasteiger partial charge in [0, 0.05) is 9.92 Å². The molecule has 2 aromatic carbocycles. The summed E-state index contributed by atoms with van der Waals surface area (Å²) in [5.41, 5.74) is -1.41. The van der Waals surface area contributed by atoms with Gasteiger partial charge in [0.25, 0.3) is 11.8 Å². The number of carbonyl (C=O) groups is 2. The maximum absolute atomic E-state index is 13.1. The lowest BCUT2D eigenvalue weighted by Gasteiger charge is -2.29. The Morgan fingerprint density at radius 2 is 1.79 bits per heavy atom. The van der Waals surface area contributed by atoms with Gasteiger partial charge in [-0.05, 0) is 72.9 Å². The molecule has 168 valence electrons. The molecule has 1 aliphatic rings. The topological polar surface area (TPSA) is 62.6 Å². The molecule has 0 saturated carbocycles. The summed E-state index contributed by atoms with van der Waals surface area (Å²) in [6, 6.07) is 14.4. The van der Waals surface area contributed by atoms with Gasteiger partial charge in [0.2, 0.25) is 0 Å². The summed E-state index contributed by atoms with van der Waals surface area (Å²) >= 11 is 12.2. The largest absolute Gasteiger partial charge is 0.450 e. The van der Waals surface area contributed by atoms with E-state index < -0.39 is 23.6 Å². The quantitative estimate of drug-likeness (QED) is 0.269. The van der Waals surface area contributed by atoms with Crippen molar-refractivity contribution in [3.05, 3.63) is 82.6 Å².